The molecule has 1 aliphatic rings. The van der Waals surface area contributed by atoms with Gasteiger partial charge >= 0.3 is 0 Å². The first-order valence-corrected chi connectivity index (χ1v) is 10.7. The lowest BCUT2D eigenvalue weighted by Crippen LogP contribution is -2.51. The molecule has 1 aliphatic carbocycles. The summed E-state index contributed by atoms with van der Waals surface area (Å²) in [5, 5.41) is 3.15. The zero-order valence-corrected chi connectivity index (χ0v) is 17.6. The first-order valence-electron chi connectivity index (χ1n) is 10.7. The number of amides is 2. The van der Waals surface area contributed by atoms with Crippen molar-refractivity contribution in [3.05, 3.63) is 71.3 Å². The van der Waals surface area contributed by atoms with Gasteiger partial charge in [0.15, 0.2) is 0 Å². The number of rotatable bonds is 8. The second-order valence-corrected chi connectivity index (χ2v) is 8.15. The van der Waals surface area contributed by atoms with E-state index in [0.29, 0.717) is 13.0 Å². The molecule has 2 aromatic rings. The molecule has 1 N–H and O–H groups in total. The smallest absolute Gasteiger partial charge is 0.242 e. The third kappa shape index (κ3) is 6.18. The van der Waals surface area contributed by atoms with Crippen LogP contribution >= 0.6 is 0 Å². The molecule has 0 saturated heterocycles. The fourth-order valence-electron chi connectivity index (χ4n) is 4.06. The number of benzene rings is 2. The highest BCUT2D eigenvalue weighted by molar-refractivity contribution is 5.88. The van der Waals surface area contributed by atoms with Gasteiger partial charge in [0.1, 0.15) is 6.04 Å². The lowest BCUT2D eigenvalue weighted by atomic mass is 10.1. The summed E-state index contributed by atoms with van der Waals surface area (Å²) in [6.07, 6.45) is 5.48. The molecule has 0 aliphatic heterocycles. The van der Waals surface area contributed by atoms with Crippen LogP contribution in [0.5, 0.6) is 0 Å². The fraction of sp³-hybridized carbons (Fsp3) is 0.440. The summed E-state index contributed by atoms with van der Waals surface area (Å²) >= 11 is 0. The lowest BCUT2D eigenvalue weighted by molar-refractivity contribution is -0.139. The molecule has 154 valence electrons. The van der Waals surface area contributed by atoms with Crippen LogP contribution in [0.2, 0.25) is 0 Å². The first-order chi connectivity index (χ1) is 14.0. The molecule has 0 spiro atoms. The average Bonchev–Trinajstić information content (AvgIpc) is 3.22. The maximum atomic E-state index is 13.2. The van der Waals surface area contributed by atoms with Crippen LogP contribution in [0.4, 0.5) is 0 Å². The molecule has 2 amide bonds. The van der Waals surface area contributed by atoms with Crippen molar-refractivity contribution in [1.82, 2.24) is 10.2 Å². The molecule has 4 heteroatoms. The van der Waals surface area contributed by atoms with Crippen molar-refractivity contribution in [3.63, 3.8) is 0 Å². The van der Waals surface area contributed by atoms with Gasteiger partial charge in [0.05, 0.1) is 6.42 Å². The van der Waals surface area contributed by atoms with Crippen molar-refractivity contribution in [1.29, 1.82) is 0 Å². The van der Waals surface area contributed by atoms with Gasteiger partial charge in [-0.15, -0.1) is 0 Å². The van der Waals surface area contributed by atoms with E-state index in [2.05, 4.69) is 17.4 Å². The topological polar surface area (TPSA) is 49.4 Å². The fourth-order valence-corrected chi connectivity index (χ4v) is 4.06. The van der Waals surface area contributed by atoms with Crippen molar-refractivity contribution in [2.75, 3.05) is 6.54 Å². The number of hydrogen-bond donors (Lipinski definition) is 1. The van der Waals surface area contributed by atoms with Crippen LogP contribution in [-0.2, 0) is 22.4 Å². The summed E-state index contributed by atoms with van der Waals surface area (Å²) < 4.78 is 0. The van der Waals surface area contributed by atoms with Crippen molar-refractivity contribution in [2.45, 2.75) is 64.5 Å². The maximum absolute atomic E-state index is 13.2. The highest BCUT2D eigenvalue weighted by Gasteiger charge is 2.28. The molecule has 3 rings (SSSR count). The number of aryl methyl sites for hydroxylation is 1. The van der Waals surface area contributed by atoms with Crippen LogP contribution in [0.1, 0.15) is 49.3 Å². The Labute approximate surface area is 174 Å². The predicted octanol–water partition coefficient (Wildman–Crippen LogP) is 4.06. The van der Waals surface area contributed by atoms with Gasteiger partial charge in [0, 0.05) is 12.6 Å². The van der Waals surface area contributed by atoms with E-state index in [0.717, 1.165) is 30.4 Å². The SMILES string of the molecule is Cc1cccc(CC(=O)N(CCc2ccccc2)[C@H](C)C(=O)NC2CCCC2)c1. The Hall–Kier alpha value is -2.62. The maximum Gasteiger partial charge on any atom is 0.242 e. The lowest BCUT2D eigenvalue weighted by Gasteiger charge is -2.30. The largest absolute Gasteiger partial charge is 0.352 e. The van der Waals surface area contributed by atoms with Gasteiger partial charge in [-0.25, -0.2) is 0 Å². The Kier molecular flexibility index (Phi) is 7.45. The molecule has 4 nitrogen and oxygen atoms in total. The van der Waals surface area contributed by atoms with Gasteiger partial charge in [-0.1, -0.05) is 73.0 Å². The van der Waals surface area contributed by atoms with Crippen molar-refractivity contribution < 1.29 is 9.59 Å². The molecule has 29 heavy (non-hydrogen) atoms. The minimum atomic E-state index is -0.475. The number of hydrogen-bond acceptors (Lipinski definition) is 2. The van der Waals surface area contributed by atoms with Crippen LogP contribution in [0.25, 0.3) is 0 Å². The summed E-state index contributed by atoms with van der Waals surface area (Å²) in [7, 11) is 0. The molecule has 0 heterocycles. The minimum absolute atomic E-state index is 0.000558. The quantitative estimate of drug-likeness (QED) is 0.737. The van der Waals surface area contributed by atoms with Gasteiger partial charge in [0.25, 0.3) is 0 Å². The number of carbonyl (C=O) groups is 2. The first kappa shape index (κ1) is 21.1. The van der Waals surface area contributed by atoms with Gasteiger partial charge in [0.2, 0.25) is 11.8 Å². The molecule has 1 fully saturated rings. The van der Waals surface area contributed by atoms with E-state index in [1.54, 1.807) is 4.90 Å². The number of nitrogens with one attached hydrogen (secondary N) is 1. The summed E-state index contributed by atoms with van der Waals surface area (Å²) in [6, 6.07) is 17.9. The van der Waals surface area contributed by atoms with Gasteiger partial charge in [-0.2, -0.15) is 0 Å². The Balaban J connectivity index is 1.70. The normalized spacial score (nSPS) is 15.1. The van der Waals surface area contributed by atoms with Crippen LogP contribution in [0.15, 0.2) is 54.6 Å². The van der Waals surface area contributed by atoms with Gasteiger partial charge < -0.3 is 10.2 Å². The van der Waals surface area contributed by atoms with E-state index in [1.807, 2.05) is 56.3 Å². The predicted molar refractivity (Wildman–Crippen MR) is 117 cm³/mol. The Bertz CT molecular complexity index is 813. The van der Waals surface area contributed by atoms with Crippen molar-refractivity contribution >= 4 is 11.8 Å². The zero-order valence-electron chi connectivity index (χ0n) is 17.6. The van der Waals surface area contributed by atoms with Crippen molar-refractivity contribution in [3.8, 4) is 0 Å². The van der Waals surface area contributed by atoms with Crippen LogP contribution in [0, 0.1) is 6.92 Å². The third-order valence-corrected chi connectivity index (χ3v) is 5.79. The van der Waals surface area contributed by atoms with Gasteiger partial charge in [-0.3, -0.25) is 9.59 Å². The summed E-state index contributed by atoms with van der Waals surface area (Å²) in [6.45, 7) is 4.41. The third-order valence-electron chi connectivity index (χ3n) is 5.79. The standard InChI is InChI=1S/C25H32N2O2/c1-19-9-8-12-22(17-19)18-24(28)27(16-15-21-10-4-3-5-11-21)20(2)25(29)26-23-13-6-7-14-23/h3-5,8-12,17,20,23H,6-7,13-16,18H2,1-2H3,(H,26,29)/t20-/m1/s1. The van der Waals surface area contributed by atoms with E-state index in [-0.39, 0.29) is 17.9 Å². The van der Waals surface area contributed by atoms with Gasteiger partial charge in [-0.05, 0) is 44.2 Å². The second kappa shape index (κ2) is 10.2. The Morgan fingerprint density at radius 2 is 1.72 bits per heavy atom. The number of nitrogens with zero attached hydrogens (tertiary/aromatic N) is 1. The van der Waals surface area contributed by atoms with E-state index in [4.69, 9.17) is 0 Å². The van der Waals surface area contributed by atoms with Crippen LogP contribution in [0.3, 0.4) is 0 Å². The highest BCUT2D eigenvalue weighted by atomic mass is 16.2. The monoisotopic (exact) mass is 392 g/mol. The molecule has 0 radical (unpaired) electrons. The van der Waals surface area contributed by atoms with Crippen LogP contribution in [-0.4, -0.2) is 35.3 Å². The molecular formula is C25H32N2O2. The number of carbonyl (C=O) groups excluding carboxylic acids is 2. The summed E-state index contributed by atoms with van der Waals surface area (Å²) in [5.74, 6) is -0.0387. The van der Waals surface area contributed by atoms with E-state index < -0.39 is 6.04 Å². The van der Waals surface area contributed by atoms with E-state index in [1.165, 1.54) is 18.4 Å². The average molecular weight is 393 g/mol. The summed E-state index contributed by atoms with van der Waals surface area (Å²) in [4.78, 5) is 27.8. The Morgan fingerprint density at radius 3 is 2.41 bits per heavy atom. The zero-order chi connectivity index (χ0) is 20.6. The molecule has 1 saturated carbocycles. The van der Waals surface area contributed by atoms with E-state index in [9.17, 15) is 9.59 Å². The minimum Gasteiger partial charge on any atom is -0.352 e. The van der Waals surface area contributed by atoms with E-state index >= 15 is 0 Å². The molecule has 2 aromatic carbocycles. The molecule has 0 bridgehead atoms. The molecule has 0 aromatic heterocycles. The van der Waals surface area contributed by atoms with Crippen LogP contribution < -0.4 is 5.32 Å². The summed E-state index contributed by atoms with van der Waals surface area (Å²) in [5.41, 5.74) is 3.30. The highest BCUT2D eigenvalue weighted by Crippen LogP contribution is 2.18. The molecule has 0 unspecified atom stereocenters. The van der Waals surface area contributed by atoms with Crippen molar-refractivity contribution in [2.24, 2.45) is 0 Å². The molecule has 1 atom stereocenters. The second-order valence-electron chi connectivity index (χ2n) is 8.15. The molecular weight excluding hydrogens is 360 g/mol. The Morgan fingerprint density at radius 1 is 1.03 bits per heavy atom.